The zero-order chi connectivity index (χ0) is 24.2. The molecule has 0 aliphatic rings. The van der Waals surface area contributed by atoms with E-state index in [-0.39, 0.29) is 11.7 Å². The van der Waals surface area contributed by atoms with Crippen LogP contribution in [0.5, 0.6) is 0 Å². The van der Waals surface area contributed by atoms with Gasteiger partial charge in [-0.25, -0.2) is 0 Å². The highest BCUT2D eigenvalue weighted by molar-refractivity contribution is 7.99. The molecule has 1 N–H and O–H groups in total. The first-order valence-corrected chi connectivity index (χ1v) is 12.6. The summed E-state index contributed by atoms with van der Waals surface area (Å²) in [7, 11) is 0. The van der Waals surface area contributed by atoms with Crippen LogP contribution >= 0.6 is 35.0 Å². The fourth-order valence-electron chi connectivity index (χ4n) is 3.61. The minimum atomic E-state index is -0.143. The smallest absolute Gasteiger partial charge is 0.234 e. The molecule has 4 rings (SSSR count). The lowest BCUT2D eigenvalue weighted by Gasteiger charge is -2.17. The maximum absolute atomic E-state index is 12.7. The summed E-state index contributed by atoms with van der Waals surface area (Å²) >= 11 is 13.6. The van der Waals surface area contributed by atoms with Gasteiger partial charge in [-0.3, -0.25) is 9.36 Å². The number of thioether (sulfide) groups is 1. The van der Waals surface area contributed by atoms with E-state index in [1.165, 1.54) is 17.3 Å². The largest absolute Gasteiger partial charge is 0.325 e. The van der Waals surface area contributed by atoms with E-state index in [0.29, 0.717) is 32.6 Å². The fraction of sp³-hybridized carbons (Fsp3) is 0.192. The predicted molar refractivity (Wildman–Crippen MR) is 141 cm³/mol. The summed E-state index contributed by atoms with van der Waals surface area (Å²) < 4.78 is 2.02. The second-order valence-corrected chi connectivity index (χ2v) is 9.90. The van der Waals surface area contributed by atoms with Gasteiger partial charge in [0.2, 0.25) is 5.91 Å². The molecular formula is C26H24Cl2N4OS. The van der Waals surface area contributed by atoms with Gasteiger partial charge in [0.25, 0.3) is 0 Å². The number of halogens is 2. The molecule has 0 aliphatic carbocycles. The standard InChI is InChI=1S/C26H24Cl2N4OS/c1-16(2)20-7-4-5-10-23(20)32-25(18-11-13-19(27)14-12-18)30-31-26(32)34-15-24(33)29-22-9-6-8-21(28)17(22)3/h4-14,16H,15H2,1-3H3,(H,29,33). The van der Waals surface area contributed by atoms with Gasteiger partial charge in [-0.2, -0.15) is 0 Å². The molecular weight excluding hydrogens is 487 g/mol. The Morgan fingerprint density at radius 1 is 1.00 bits per heavy atom. The number of nitrogens with zero attached hydrogens (tertiary/aromatic N) is 3. The van der Waals surface area contributed by atoms with Crippen LogP contribution in [-0.2, 0) is 4.79 Å². The van der Waals surface area contributed by atoms with Gasteiger partial charge in [0.05, 0.1) is 11.4 Å². The minimum Gasteiger partial charge on any atom is -0.325 e. The lowest BCUT2D eigenvalue weighted by atomic mass is 10.0. The Bertz CT molecular complexity index is 1320. The summed E-state index contributed by atoms with van der Waals surface area (Å²) in [5.74, 6) is 1.02. The lowest BCUT2D eigenvalue weighted by Crippen LogP contribution is -2.15. The molecule has 8 heteroatoms. The van der Waals surface area contributed by atoms with E-state index in [4.69, 9.17) is 23.2 Å². The Labute approximate surface area is 213 Å². The van der Waals surface area contributed by atoms with E-state index in [0.717, 1.165) is 16.8 Å². The van der Waals surface area contributed by atoms with Crippen LogP contribution in [-0.4, -0.2) is 26.4 Å². The summed E-state index contributed by atoms with van der Waals surface area (Å²) in [6, 6.07) is 21.1. The number of carbonyl (C=O) groups excluding carboxylic acids is 1. The molecule has 34 heavy (non-hydrogen) atoms. The van der Waals surface area contributed by atoms with E-state index in [9.17, 15) is 4.79 Å². The zero-order valence-electron chi connectivity index (χ0n) is 19.0. The fourth-order valence-corrected chi connectivity index (χ4v) is 4.65. The topological polar surface area (TPSA) is 59.8 Å². The monoisotopic (exact) mass is 510 g/mol. The molecule has 0 bridgehead atoms. The van der Waals surface area contributed by atoms with E-state index in [2.05, 4.69) is 41.5 Å². The van der Waals surface area contributed by atoms with Gasteiger partial charge in [0.1, 0.15) is 0 Å². The number of amides is 1. The number of para-hydroxylation sites is 1. The third-order valence-electron chi connectivity index (χ3n) is 5.41. The van der Waals surface area contributed by atoms with Crippen molar-refractivity contribution in [3.05, 3.63) is 87.9 Å². The maximum Gasteiger partial charge on any atom is 0.234 e. The van der Waals surface area contributed by atoms with Crippen LogP contribution in [0.2, 0.25) is 10.0 Å². The van der Waals surface area contributed by atoms with E-state index in [1.54, 1.807) is 6.07 Å². The molecule has 4 aromatic rings. The molecule has 0 saturated carbocycles. The molecule has 0 atom stereocenters. The number of aromatic nitrogens is 3. The van der Waals surface area contributed by atoms with Crippen molar-refractivity contribution in [3.63, 3.8) is 0 Å². The Kier molecular flexibility index (Phi) is 7.61. The van der Waals surface area contributed by atoms with E-state index < -0.39 is 0 Å². The highest BCUT2D eigenvalue weighted by Crippen LogP contribution is 2.32. The average Bonchev–Trinajstić information content (AvgIpc) is 3.25. The van der Waals surface area contributed by atoms with Gasteiger partial charge in [-0.1, -0.05) is 73.1 Å². The maximum atomic E-state index is 12.7. The Hall–Kier alpha value is -2.80. The summed E-state index contributed by atoms with van der Waals surface area (Å²) in [5, 5.41) is 13.8. The van der Waals surface area contributed by atoms with Gasteiger partial charge in [-0.15, -0.1) is 10.2 Å². The van der Waals surface area contributed by atoms with Crippen molar-refractivity contribution in [1.29, 1.82) is 0 Å². The normalized spacial score (nSPS) is 11.1. The number of benzene rings is 3. The van der Waals surface area contributed by atoms with Gasteiger partial charge in [-0.05, 0) is 66.4 Å². The first-order valence-electron chi connectivity index (χ1n) is 10.8. The number of hydrogen-bond donors (Lipinski definition) is 1. The number of anilines is 1. The number of nitrogens with one attached hydrogen (secondary N) is 1. The molecule has 0 saturated heterocycles. The van der Waals surface area contributed by atoms with Crippen molar-refractivity contribution in [2.24, 2.45) is 0 Å². The first kappa shape index (κ1) is 24.3. The molecule has 0 aliphatic heterocycles. The second kappa shape index (κ2) is 10.6. The molecule has 0 radical (unpaired) electrons. The number of rotatable bonds is 7. The molecule has 3 aromatic carbocycles. The van der Waals surface area contributed by atoms with Crippen LogP contribution in [0, 0.1) is 6.92 Å². The second-order valence-electron chi connectivity index (χ2n) is 8.11. The first-order chi connectivity index (χ1) is 16.3. The van der Waals surface area contributed by atoms with Gasteiger partial charge in [0.15, 0.2) is 11.0 Å². The van der Waals surface area contributed by atoms with Crippen LogP contribution in [0.3, 0.4) is 0 Å². The molecule has 1 heterocycles. The summed E-state index contributed by atoms with van der Waals surface area (Å²) in [5.41, 5.74) is 4.58. The van der Waals surface area contributed by atoms with Crippen LogP contribution in [0.4, 0.5) is 5.69 Å². The molecule has 1 aromatic heterocycles. The molecule has 1 amide bonds. The van der Waals surface area contributed by atoms with Gasteiger partial charge < -0.3 is 5.32 Å². The highest BCUT2D eigenvalue weighted by Gasteiger charge is 2.20. The summed E-state index contributed by atoms with van der Waals surface area (Å²) in [6.07, 6.45) is 0. The van der Waals surface area contributed by atoms with Crippen molar-refractivity contribution in [2.45, 2.75) is 31.8 Å². The van der Waals surface area contributed by atoms with Gasteiger partial charge >= 0.3 is 0 Å². The van der Waals surface area contributed by atoms with Crippen LogP contribution in [0.25, 0.3) is 17.1 Å². The number of hydrogen-bond acceptors (Lipinski definition) is 4. The number of carbonyl (C=O) groups is 1. The quantitative estimate of drug-likeness (QED) is 0.263. The summed E-state index contributed by atoms with van der Waals surface area (Å²) in [6.45, 7) is 6.18. The van der Waals surface area contributed by atoms with Crippen LogP contribution < -0.4 is 5.32 Å². The van der Waals surface area contributed by atoms with Crippen LogP contribution in [0.15, 0.2) is 71.9 Å². The van der Waals surface area contributed by atoms with Crippen molar-refractivity contribution in [1.82, 2.24) is 14.8 Å². The Balaban J connectivity index is 1.67. The Morgan fingerprint density at radius 2 is 1.74 bits per heavy atom. The lowest BCUT2D eigenvalue weighted by molar-refractivity contribution is -0.113. The molecule has 5 nitrogen and oxygen atoms in total. The summed E-state index contributed by atoms with van der Waals surface area (Å²) in [4.78, 5) is 12.7. The minimum absolute atomic E-state index is 0.143. The van der Waals surface area contributed by atoms with Crippen molar-refractivity contribution in [3.8, 4) is 17.1 Å². The average molecular weight is 511 g/mol. The van der Waals surface area contributed by atoms with E-state index >= 15 is 0 Å². The van der Waals surface area contributed by atoms with Crippen molar-refractivity contribution >= 4 is 46.6 Å². The molecule has 0 spiro atoms. The third-order valence-corrected chi connectivity index (χ3v) is 7.00. The molecule has 0 fully saturated rings. The zero-order valence-corrected chi connectivity index (χ0v) is 21.4. The molecule has 0 unspecified atom stereocenters. The van der Waals surface area contributed by atoms with E-state index in [1.807, 2.05) is 60.0 Å². The van der Waals surface area contributed by atoms with Crippen LogP contribution in [0.1, 0.15) is 30.9 Å². The highest BCUT2D eigenvalue weighted by atomic mass is 35.5. The van der Waals surface area contributed by atoms with Crippen molar-refractivity contribution in [2.75, 3.05) is 11.1 Å². The SMILES string of the molecule is Cc1c(Cl)cccc1NC(=O)CSc1nnc(-c2ccc(Cl)cc2)n1-c1ccccc1C(C)C. The Morgan fingerprint density at radius 3 is 2.47 bits per heavy atom. The van der Waals surface area contributed by atoms with Gasteiger partial charge in [0, 0.05) is 21.3 Å². The predicted octanol–water partition coefficient (Wildman–Crippen LogP) is 7.40. The third kappa shape index (κ3) is 5.30. The van der Waals surface area contributed by atoms with Crippen molar-refractivity contribution < 1.29 is 4.79 Å². The molecule has 174 valence electrons.